The highest BCUT2D eigenvalue weighted by Gasteiger charge is 2.15. The Labute approximate surface area is 170 Å². The largest absolute Gasteiger partial charge is 0.468 e. The van der Waals surface area contributed by atoms with Gasteiger partial charge in [-0.1, -0.05) is 18.2 Å². The average Bonchev–Trinajstić information content (AvgIpc) is 3.27. The van der Waals surface area contributed by atoms with Gasteiger partial charge in [-0.05, 0) is 55.0 Å². The van der Waals surface area contributed by atoms with E-state index in [9.17, 15) is 13.2 Å². The first-order valence-corrected chi connectivity index (χ1v) is 10.7. The van der Waals surface area contributed by atoms with Crippen molar-refractivity contribution in [2.45, 2.75) is 17.9 Å². The van der Waals surface area contributed by atoms with Crippen LogP contribution in [0.3, 0.4) is 0 Å². The number of amides is 1. The van der Waals surface area contributed by atoms with Crippen molar-refractivity contribution in [3.05, 3.63) is 84.3 Å². The van der Waals surface area contributed by atoms with E-state index >= 15 is 0 Å². The topological polar surface area (TPSA) is 100 Å². The molecule has 0 bridgehead atoms. The van der Waals surface area contributed by atoms with Crippen LogP contribution in [0.2, 0.25) is 0 Å². The summed E-state index contributed by atoms with van der Waals surface area (Å²) in [6.45, 7) is 1.32. The minimum atomic E-state index is -3.68. The molecule has 8 heteroatoms. The Kier molecular flexibility index (Phi) is 7.04. The molecule has 0 aliphatic heterocycles. The van der Waals surface area contributed by atoms with Gasteiger partial charge in [0.05, 0.1) is 17.7 Å². The normalized spacial score (nSPS) is 11.2. The molecule has 0 saturated heterocycles. The van der Waals surface area contributed by atoms with Gasteiger partial charge in [0.1, 0.15) is 5.76 Å². The van der Waals surface area contributed by atoms with Gasteiger partial charge in [0, 0.05) is 24.3 Å². The summed E-state index contributed by atoms with van der Waals surface area (Å²) in [5, 5.41) is 6.10. The third-order valence-corrected chi connectivity index (χ3v) is 5.60. The van der Waals surface area contributed by atoms with Crippen molar-refractivity contribution >= 4 is 21.6 Å². The summed E-state index contributed by atoms with van der Waals surface area (Å²) in [4.78, 5) is 12.3. The first-order chi connectivity index (χ1) is 14.0. The molecule has 152 valence electrons. The highest BCUT2D eigenvalue weighted by atomic mass is 32.2. The molecule has 3 N–H and O–H groups in total. The third-order valence-electron chi connectivity index (χ3n) is 4.19. The first-order valence-electron chi connectivity index (χ1n) is 9.24. The van der Waals surface area contributed by atoms with Crippen molar-refractivity contribution in [3.63, 3.8) is 0 Å². The van der Waals surface area contributed by atoms with E-state index in [4.69, 9.17) is 4.42 Å². The summed E-state index contributed by atoms with van der Waals surface area (Å²) in [5.41, 5.74) is 1.45. The maximum absolute atomic E-state index is 12.3. The molecule has 1 heterocycles. The van der Waals surface area contributed by atoms with Crippen LogP contribution in [-0.4, -0.2) is 27.4 Å². The molecular weight excluding hydrogens is 390 g/mol. The lowest BCUT2D eigenvalue weighted by molar-refractivity contribution is 0.0953. The van der Waals surface area contributed by atoms with Gasteiger partial charge in [-0.25, -0.2) is 13.1 Å². The van der Waals surface area contributed by atoms with Crippen molar-refractivity contribution in [3.8, 4) is 0 Å². The van der Waals surface area contributed by atoms with Crippen LogP contribution in [-0.2, 0) is 16.6 Å². The maximum atomic E-state index is 12.3. The van der Waals surface area contributed by atoms with E-state index in [-0.39, 0.29) is 17.3 Å². The standard InChI is InChI=1S/C21H23N3O4S/c25-21(23-14-5-13-22-18-6-2-1-3-7-18)17-9-11-20(12-10-17)29(26,27)24-16-19-8-4-15-28-19/h1-4,6-12,15,22,24H,5,13-14,16H2,(H,23,25). The summed E-state index contributed by atoms with van der Waals surface area (Å²) in [7, 11) is -3.68. The maximum Gasteiger partial charge on any atom is 0.251 e. The molecule has 0 spiro atoms. The number of carbonyl (C=O) groups is 1. The molecule has 1 amide bonds. The second kappa shape index (κ2) is 9.90. The van der Waals surface area contributed by atoms with Crippen molar-refractivity contribution in [2.75, 3.05) is 18.4 Å². The predicted octanol–water partition coefficient (Wildman–Crippen LogP) is 2.99. The molecule has 0 fully saturated rings. The van der Waals surface area contributed by atoms with Gasteiger partial charge >= 0.3 is 0 Å². The zero-order valence-electron chi connectivity index (χ0n) is 15.8. The van der Waals surface area contributed by atoms with E-state index < -0.39 is 10.0 Å². The zero-order chi connectivity index (χ0) is 20.5. The number of sulfonamides is 1. The fourth-order valence-corrected chi connectivity index (χ4v) is 3.62. The fraction of sp³-hybridized carbons (Fsp3) is 0.190. The lowest BCUT2D eigenvalue weighted by Crippen LogP contribution is -2.26. The van der Waals surface area contributed by atoms with Gasteiger partial charge < -0.3 is 15.1 Å². The second-order valence-electron chi connectivity index (χ2n) is 6.33. The van der Waals surface area contributed by atoms with Gasteiger partial charge in [0.15, 0.2) is 0 Å². The molecule has 0 aliphatic carbocycles. The summed E-state index contributed by atoms with van der Waals surface area (Å²) in [6.07, 6.45) is 2.25. The molecule has 2 aromatic carbocycles. The highest BCUT2D eigenvalue weighted by Crippen LogP contribution is 2.12. The molecular formula is C21H23N3O4S. The van der Waals surface area contributed by atoms with Crippen LogP contribution < -0.4 is 15.4 Å². The van der Waals surface area contributed by atoms with E-state index in [2.05, 4.69) is 15.4 Å². The number of carbonyl (C=O) groups excluding carboxylic acids is 1. The van der Waals surface area contributed by atoms with E-state index in [1.165, 1.54) is 30.5 Å². The molecule has 0 saturated carbocycles. The van der Waals surface area contributed by atoms with Crippen LogP contribution in [0.5, 0.6) is 0 Å². The number of hydrogen-bond donors (Lipinski definition) is 3. The zero-order valence-corrected chi connectivity index (χ0v) is 16.6. The average molecular weight is 413 g/mol. The minimum Gasteiger partial charge on any atom is -0.468 e. The number of para-hydroxylation sites is 1. The van der Waals surface area contributed by atoms with Gasteiger partial charge in [-0.15, -0.1) is 0 Å². The Morgan fingerprint density at radius 1 is 0.897 bits per heavy atom. The molecule has 3 aromatic rings. The molecule has 0 unspecified atom stereocenters. The Hall–Kier alpha value is -3.10. The van der Waals surface area contributed by atoms with E-state index in [1.807, 2.05) is 30.3 Å². The van der Waals surface area contributed by atoms with Gasteiger partial charge in [0.2, 0.25) is 10.0 Å². The van der Waals surface area contributed by atoms with Crippen molar-refractivity contribution in [2.24, 2.45) is 0 Å². The van der Waals surface area contributed by atoms with Crippen molar-refractivity contribution in [1.29, 1.82) is 0 Å². The van der Waals surface area contributed by atoms with E-state index in [0.717, 1.165) is 18.7 Å². The SMILES string of the molecule is O=C(NCCCNc1ccccc1)c1ccc(S(=O)(=O)NCc2ccco2)cc1. The van der Waals surface area contributed by atoms with Crippen LogP contribution in [0.1, 0.15) is 22.5 Å². The predicted molar refractivity (Wildman–Crippen MR) is 111 cm³/mol. The van der Waals surface area contributed by atoms with E-state index in [0.29, 0.717) is 17.9 Å². The summed E-state index contributed by atoms with van der Waals surface area (Å²) < 4.78 is 32.2. The molecule has 0 atom stereocenters. The van der Waals surface area contributed by atoms with Crippen molar-refractivity contribution < 1.29 is 17.6 Å². The van der Waals surface area contributed by atoms with Crippen LogP contribution in [0.25, 0.3) is 0 Å². The molecule has 3 rings (SSSR count). The summed E-state index contributed by atoms with van der Waals surface area (Å²) >= 11 is 0. The number of hydrogen-bond acceptors (Lipinski definition) is 5. The Morgan fingerprint density at radius 3 is 2.34 bits per heavy atom. The number of rotatable bonds is 10. The second-order valence-corrected chi connectivity index (χ2v) is 8.10. The molecule has 0 radical (unpaired) electrons. The smallest absolute Gasteiger partial charge is 0.251 e. The molecule has 29 heavy (non-hydrogen) atoms. The van der Waals surface area contributed by atoms with Crippen molar-refractivity contribution in [1.82, 2.24) is 10.0 Å². The monoisotopic (exact) mass is 413 g/mol. The first kappa shape index (κ1) is 20.6. The van der Waals surface area contributed by atoms with Gasteiger partial charge in [-0.3, -0.25) is 4.79 Å². The minimum absolute atomic E-state index is 0.0641. The Balaban J connectivity index is 1.44. The third kappa shape index (κ3) is 6.20. The van der Waals surface area contributed by atoms with Gasteiger partial charge in [0.25, 0.3) is 5.91 Å². The fourth-order valence-electron chi connectivity index (χ4n) is 2.63. The molecule has 0 aliphatic rings. The summed E-state index contributed by atoms with van der Waals surface area (Å²) in [5.74, 6) is 0.281. The highest BCUT2D eigenvalue weighted by molar-refractivity contribution is 7.89. The van der Waals surface area contributed by atoms with Crippen LogP contribution in [0.15, 0.2) is 82.3 Å². The van der Waals surface area contributed by atoms with E-state index in [1.54, 1.807) is 12.1 Å². The number of furan rings is 1. The van der Waals surface area contributed by atoms with Crippen LogP contribution in [0, 0.1) is 0 Å². The van der Waals surface area contributed by atoms with Crippen LogP contribution in [0.4, 0.5) is 5.69 Å². The number of benzene rings is 2. The molecule has 1 aromatic heterocycles. The quantitative estimate of drug-likeness (QED) is 0.444. The number of nitrogens with one attached hydrogen (secondary N) is 3. The molecule has 7 nitrogen and oxygen atoms in total. The Bertz CT molecular complexity index is 1000. The number of anilines is 1. The van der Waals surface area contributed by atoms with Gasteiger partial charge in [-0.2, -0.15) is 0 Å². The lowest BCUT2D eigenvalue weighted by atomic mass is 10.2. The lowest BCUT2D eigenvalue weighted by Gasteiger charge is -2.09. The Morgan fingerprint density at radius 2 is 1.66 bits per heavy atom. The van der Waals surface area contributed by atoms with Crippen LogP contribution >= 0.6 is 0 Å². The summed E-state index contributed by atoms with van der Waals surface area (Å²) in [6, 6.07) is 19.0.